The first-order valence-corrected chi connectivity index (χ1v) is 6.84. The van der Waals surface area contributed by atoms with E-state index in [1.54, 1.807) is 18.2 Å². The molecule has 1 heterocycles. The normalized spacial score (nSPS) is 11.9. The lowest BCUT2D eigenvalue weighted by Crippen LogP contribution is -2.04. The molecule has 0 spiro atoms. The Morgan fingerprint density at radius 3 is 2.65 bits per heavy atom. The maximum absolute atomic E-state index is 12.2. The third-order valence-electron chi connectivity index (χ3n) is 2.56. The third kappa shape index (κ3) is 2.24. The topological polar surface area (TPSA) is 62.8 Å². The summed E-state index contributed by atoms with van der Waals surface area (Å²) >= 11 is 0. The zero-order valence-corrected chi connectivity index (χ0v) is 10.5. The Morgan fingerprint density at radius 2 is 2.06 bits per heavy atom. The number of rotatable bonds is 3. The van der Waals surface area contributed by atoms with Gasteiger partial charge in [-0.05, 0) is 23.6 Å². The number of aromatic amines is 1. The number of aromatic nitrogens is 2. The molecular weight excluding hydrogens is 236 g/mol. The molecule has 1 aromatic heterocycles. The van der Waals surface area contributed by atoms with Gasteiger partial charge in [-0.15, -0.1) is 0 Å². The van der Waals surface area contributed by atoms with Crippen LogP contribution in [0.1, 0.15) is 25.3 Å². The Morgan fingerprint density at radius 1 is 1.29 bits per heavy atom. The van der Waals surface area contributed by atoms with Gasteiger partial charge >= 0.3 is 0 Å². The summed E-state index contributed by atoms with van der Waals surface area (Å²) in [4.78, 5) is 6.70. The fourth-order valence-electron chi connectivity index (χ4n) is 1.55. The quantitative estimate of drug-likeness (QED) is 0.909. The molecule has 17 heavy (non-hydrogen) atoms. The van der Waals surface area contributed by atoms with Crippen molar-refractivity contribution in [3.8, 4) is 0 Å². The van der Waals surface area contributed by atoms with Crippen LogP contribution in [-0.2, 0) is 9.84 Å². The Bertz CT molecular complexity index is 601. The summed E-state index contributed by atoms with van der Waals surface area (Å²) in [5, 5.41) is -0.0154. The zero-order valence-electron chi connectivity index (χ0n) is 9.71. The van der Waals surface area contributed by atoms with E-state index >= 15 is 0 Å². The van der Waals surface area contributed by atoms with Crippen molar-refractivity contribution in [2.45, 2.75) is 29.8 Å². The zero-order chi connectivity index (χ0) is 12.5. The molecule has 0 bridgehead atoms. The van der Waals surface area contributed by atoms with Crippen molar-refractivity contribution in [3.63, 3.8) is 0 Å². The van der Waals surface area contributed by atoms with Crippen molar-refractivity contribution >= 4 is 9.84 Å². The second-order valence-electron chi connectivity index (χ2n) is 4.12. The lowest BCUT2D eigenvalue weighted by atomic mass is 10.0. The molecule has 2 rings (SSSR count). The number of hydrogen-bond donors (Lipinski definition) is 1. The average Bonchev–Trinajstić information content (AvgIpc) is 2.83. The smallest absolute Gasteiger partial charge is 0.239 e. The lowest BCUT2D eigenvalue weighted by Gasteiger charge is -2.07. The van der Waals surface area contributed by atoms with E-state index in [0.29, 0.717) is 5.92 Å². The highest BCUT2D eigenvalue weighted by Crippen LogP contribution is 2.22. The minimum absolute atomic E-state index is 0.0154. The second kappa shape index (κ2) is 4.33. The Hall–Kier alpha value is -1.62. The van der Waals surface area contributed by atoms with Crippen molar-refractivity contribution in [1.29, 1.82) is 0 Å². The monoisotopic (exact) mass is 250 g/mol. The maximum atomic E-state index is 12.2. The van der Waals surface area contributed by atoms with E-state index in [1.807, 2.05) is 19.9 Å². The number of imidazole rings is 1. The molecule has 0 radical (unpaired) electrons. The molecule has 1 aromatic carbocycles. The van der Waals surface area contributed by atoms with Crippen LogP contribution in [0, 0.1) is 0 Å². The number of hydrogen-bond acceptors (Lipinski definition) is 3. The highest BCUT2D eigenvalue weighted by Gasteiger charge is 2.20. The summed E-state index contributed by atoms with van der Waals surface area (Å²) in [6, 6.07) is 6.96. The van der Waals surface area contributed by atoms with Crippen LogP contribution < -0.4 is 0 Å². The summed E-state index contributed by atoms with van der Waals surface area (Å²) in [6.07, 6.45) is 2.93. The first kappa shape index (κ1) is 11.9. The van der Waals surface area contributed by atoms with Gasteiger partial charge in [0.05, 0.1) is 4.90 Å². The number of nitrogens with zero attached hydrogens (tertiary/aromatic N) is 1. The summed E-state index contributed by atoms with van der Waals surface area (Å²) in [7, 11) is -3.52. The van der Waals surface area contributed by atoms with Gasteiger partial charge in [-0.2, -0.15) is 0 Å². The van der Waals surface area contributed by atoms with Crippen LogP contribution in [0.25, 0.3) is 0 Å². The Balaban J connectivity index is 2.51. The van der Waals surface area contributed by atoms with Gasteiger partial charge in [0.1, 0.15) is 0 Å². The molecule has 0 saturated carbocycles. The molecular formula is C12H14N2O2S. The fraction of sp³-hybridized carbons (Fsp3) is 0.250. The van der Waals surface area contributed by atoms with E-state index in [9.17, 15) is 8.42 Å². The van der Waals surface area contributed by atoms with Gasteiger partial charge < -0.3 is 4.98 Å². The van der Waals surface area contributed by atoms with Gasteiger partial charge in [-0.25, -0.2) is 13.4 Å². The average molecular weight is 250 g/mol. The van der Waals surface area contributed by atoms with Crippen LogP contribution in [0.3, 0.4) is 0 Å². The predicted octanol–water partition coefficient (Wildman–Crippen LogP) is 2.37. The summed E-state index contributed by atoms with van der Waals surface area (Å²) < 4.78 is 24.4. The van der Waals surface area contributed by atoms with Crippen LogP contribution in [0.15, 0.2) is 46.7 Å². The standard InChI is InChI=1S/C12H14N2O2S/c1-9(2)10-4-3-5-11(8-10)17(15,16)12-13-6-7-14-12/h3-9H,1-2H3,(H,13,14). The van der Waals surface area contributed by atoms with E-state index < -0.39 is 9.84 Å². The third-order valence-corrected chi connectivity index (χ3v) is 4.17. The van der Waals surface area contributed by atoms with Crippen LogP contribution in [0.4, 0.5) is 0 Å². The van der Waals surface area contributed by atoms with Gasteiger partial charge in [0.25, 0.3) is 0 Å². The Kier molecular flexibility index (Phi) is 3.02. The molecule has 0 amide bonds. The molecule has 0 aliphatic rings. The van der Waals surface area contributed by atoms with Gasteiger partial charge in [-0.3, -0.25) is 0 Å². The molecule has 0 aliphatic heterocycles. The molecule has 0 fully saturated rings. The van der Waals surface area contributed by atoms with Gasteiger partial charge in [0.2, 0.25) is 15.0 Å². The van der Waals surface area contributed by atoms with E-state index in [-0.39, 0.29) is 10.1 Å². The second-order valence-corrected chi connectivity index (χ2v) is 5.99. The number of nitrogens with one attached hydrogen (secondary N) is 1. The largest absolute Gasteiger partial charge is 0.335 e. The van der Waals surface area contributed by atoms with Crippen molar-refractivity contribution in [3.05, 3.63) is 42.2 Å². The summed E-state index contributed by atoms with van der Waals surface area (Å²) in [5.41, 5.74) is 0.998. The first-order chi connectivity index (χ1) is 8.01. The van der Waals surface area contributed by atoms with E-state index in [1.165, 1.54) is 12.4 Å². The van der Waals surface area contributed by atoms with E-state index in [2.05, 4.69) is 9.97 Å². The minimum Gasteiger partial charge on any atom is -0.335 e. The van der Waals surface area contributed by atoms with E-state index in [0.717, 1.165) is 5.56 Å². The van der Waals surface area contributed by atoms with Crippen LogP contribution in [0.5, 0.6) is 0 Å². The molecule has 1 N–H and O–H groups in total. The van der Waals surface area contributed by atoms with Gasteiger partial charge in [0, 0.05) is 12.4 Å². The molecule has 0 saturated heterocycles. The lowest BCUT2D eigenvalue weighted by molar-refractivity contribution is 0.588. The number of sulfone groups is 1. The molecule has 0 unspecified atom stereocenters. The highest BCUT2D eigenvalue weighted by atomic mass is 32.2. The van der Waals surface area contributed by atoms with Crippen LogP contribution >= 0.6 is 0 Å². The van der Waals surface area contributed by atoms with Gasteiger partial charge in [-0.1, -0.05) is 26.0 Å². The first-order valence-electron chi connectivity index (χ1n) is 5.36. The summed E-state index contributed by atoms with van der Waals surface area (Å²) in [5.74, 6) is 0.293. The van der Waals surface area contributed by atoms with Crippen molar-refractivity contribution in [2.75, 3.05) is 0 Å². The molecule has 5 heteroatoms. The molecule has 90 valence electrons. The molecule has 0 aliphatic carbocycles. The van der Waals surface area contributed by atoms with Crippen LogP contribution in [0.2, 0.25) is 0 Å². The number of benzene rings is 1. The predicted molar refractivity (Wildman–Crippen MR) is 64.6 cm³/mol. The molecule has 0 atom stereocenters. The fourth-order valence-corrected chi connectivity index (χ4v) is 2.75. The van der Waals surface area contributed by atoms with Crippen molar-refractivity contribution < 1.29 is 8.42 Å². The molecule has 2 aromatic rings. The molecule has 4 nitrogen and oxygen atoms in total. The maximum Gasteiger partial charge on any atom is 0.239 e. The highest BCUT2D eigenvalue weighted by molar-refractivity contribution is 7.91. The minimum atomic E-state index is -3.52. The van der Waals surface area contributed by atoms with Crippen LogP contribution in [-0.4, -0.2) is 18.4 Å². The van der Waals surface area contributed by atoms with Crippen molar-refractivity contribution in [2.24, 2.45) is 0 Å². The summed E-state index contributed by atoms with van der Waals surface area (Å²) in [6.45, 7) is 4.05. The van der Waals surface area contributed by atoms with E-state index in [4.69, 9.17) is 0 Å². The Labute approximate surface area is 101 Å². The SMILES string of the molecule is CC(C)c1cccc(S(=O)(=O)c2ncc[nH]2)c1. The van der Waals surface area contributed by atoms with Gasteiger partial charge in [0.15, 0.2) is 0 Å². The van der Waals surface area contributed by atoms with Crippen molar-refractivity contribution in [1.82, 2.24) is 9.97 Å². The number of H-pyrrole nitrogens is 1.